The number of sulfone groups is 2. The number of nitrogens with two attached hydrogens (primary N) is 1. The normalized spacial score (nSPS) is 18.5. The molecule has 7 aromatic heterocycles. The number of anilines is 6. The highest BCUT2D eigenvalue weighted by Gasteiger charge is 2.29. The van der Waals surface area contributed by atoms with Gasteiger partial charge in [0.25, 0.3) is 0 Å². The molecule has 76 heavy (non-hydrogen) atoms. The van der Waals surface area contributed by atoms with Gasteiger partial charge in [-0.15, -0.1) is 0 Å². The smallest absolute Gasteiger partial charge is 0.230 e. The molecule has 4 aliphatic heterocycles. The fraction of sp³-hybridized carbons (Fsp3) is 0.462. The largest absolute Gasteiger partial charge is 0.370 e. The molecule has 0 bridgehead atoms. The maximum atomic E-state index is 12.0. The second-order valence-electron chi connectivity index (χ2n) is 20.2. The van der Waals surface area contributed by atoms with E-state index in [0.717, 1.165) is 78.2 Å². The fourth-order valence-electron chi connectivity index (χ4n) is 10.4. The number of fused-ring (bicyclic) bond motifs is 3. The number of piperidine rings is 2. The summed E-state index contributed by atoms with van der Waals surface area (Å²) in [6, 6.07) is 13.1. The molecule has 0 atom stereocenters. The van der Waals surface area contributed by atoms with Gasteiger partial charge in [-0.25, -0.2) is 36.8 Å². The van der Waals surface area contributed by atoms with Crippen LogP contribution < -0.4 is 26.2 Å². The van der Waals surface area contributed by atoms with Crippen molar-refractivity contribution in [3.8, 4) is 11.1 Å². The Balaban J connectivity index is 0.000000154. The van der Waals surface area contributed by atoms with Crippen molar-refractivity contribution in [2.75, 3.05) is 104 Å². The molecule has 0 saturated carbocycles. The summed E-state index contributed by atoms with van der Waals surface area (Å²) < 4.78 is 49.3. The molecular formula is C52H66Cl2N16O4S2. The second-order valence-corrected chi connectivity index (χ2v) is 25.6. The standard InChI is InChI=1S/C26H32N8O2S.C14H16ClN5O2S.C12H18ClN3/c1-32(2)18-6-11-33(12-7-18)20-3-4-24(28-15-20)30-26-29-16-22-21-5-10-27-17-23(21)34(25(22)31-26)19-8-13-37(35,36)14-9-19;15-12-8-17-4-1-10(12)11-7-18-14(16)20-13(11)19-9-2-5-23(21,22)6-3-9;1-15(2)10-5-7-16(8-6-10)11-3-4-12(13)14-9-11/h3-5,10,15-19H,6-9,11-14H2,1-2H3,(H,28,29,30,31);1,4,7-9H,2-3,5-6H2,(H3,16,18,19,20);3-4,9-10H,5-8H2,1-2H3. The molecule has 4 saturated heterocycles. The molecule has 0 aliphatic carbocycles. The molecule has 4 aliphatic rings. The number of rotatable bonds is 10. The van der Waals surface area contributed by atoms with Gasteiger partial charge in [-0.05, 0) is 116 Å². The van der Waals surface area contributed by atoms with Crippen LogP contribution in [0.2, 0.25) is 10.2 Å². The fourth-order valence-corrected chi connectivity index (χ4v) is 13.6. The van der Waals surface area contributed by atoms with E-state index in [9.17, 15) is 16.8 Å². The van der Waals surface area contributed by atoms with Gasteiger partial charge in [-0.1, -0.05) is 23.2 Å². The van der Waals surface area contributed by atoms with Crippen LogP contribution in [-0.4, -0.2) is 167 Å². The van der Waals surface area contributed by atoms with Crippen molar-refractivity contribution < 1.29 is 16.8 Å². The summed E-state index contributed by atoms with van der Waals surface area (Å²) in [5.74, 6) is 2.57. The molecule has 20 nitrogen and oxygen atoms in total. The van der Waals surface area contributed by atoms with Crippen molar-refractivity contribution in [3.05, 3.63) is 96.1 Å². The molecule has 4 N–H and O–H groups in total. The van der Waals surface area contributed by atoms with Gasteiger partial charge in [-0.3, -0.25) is 9.97 Å². The maximum absolute atomic E-state index is 12.0. The predicted octanol–water partition coefficient (Wildman–Crippen LogP) is 7.43. The first-order chi connectivity index (χ1) is 36.5. The molecule has 7 aromatic rings. The average molecular weight is 1110 g/mol. The van der Waals surface area contributed by atoms with Crippen molar-refractivity contribution >= 4 is 99.7 Å². The lowest BCUT2D eigenvalue weighted by molar-refractivity contribution is 0.249. The molecule has 0 radical (unpaired) electrons. The summed E-state index contributed by atoms with van der Waals surface area (Å²) in [4.78, 5) is 44.1. The van der Waals surface area contributed by atoms with E-state index in [1.807, 2.05) is 49.1 Å². The molecular weight excluding hydrogens is 1050 g/mol. The van der Waals surface area contributed by atoms with Crippen molar-refractivity contribution in [1.29, 1.82) is 0 Å². The number of aromatic nitrogens is 9. The minimum atomic E-state index is -2.97. The summed E-state index contributed by atoms with van der Waals surface area (Å²) in [6.07, 6.45) is 20.9. The first kappa shape index (κ1) is 54.7. The Bertz CT molecular complexity index is 3290. The first-order valence-electron chi connectivity index (χ1n) is 25.7. The lowest BCUT2D eigenvalue weighted by Gasteiger charge is -2.36. The first-order valence-corrected chi connectivity index (χ1v) is 30.1. The minimum Gasteiger partial charge on any atom is -0.370 e. The molecule has 404 valence electrons. The van der Waals surface area contributed by atoms with Gasteiger partial charge in [0, 0.05) is 103 Å². The summed E-state index contributed by atoms with van der Waals surface area (Å²) in [6.45, 7) is 4.26. The second kappa shape index (κ2) is 24.1. The number of halogens is 2. The Morgan fingerprint density at radius 1 is 0.605 bits per heavy atom. The number of nitrogens with one attached hydrogen (secondary N) is 2. The summed E-state index contributed by atoms with van der Waals surface area (Å²) >= 11 is 12.0. The topological polar surface area (TPSA) is 239 Å². The SMILES string of the molecule is CN(C)C1CCN(c2ccc(Cl)nc2)CC1.CN(C)C1CCN(c2ccc(Nc3ncc4c5ccncc5n(C5CCS(=O)(=O)CC5)c4n3)nc2)CC1.Nc1ncc(-c2ccncc2Cl)c(NC2CCS(=O)(=O)CC2)n1. The molecule has 11 rings (SSSR count). The van der Waals surface area contributed by atoms with Crippen LogP contribution >= 0.6 is 23.2 Å². The number of hydrogen-bond donors (Lipinski definition) is 3. The summed E-state index contributed by atoms with van der Waals surface area (Å²) in [5, 5.41) is 9.53. The Hall–Kier alpha value is -6.04. The molecule has 0 spiro atoms. The Morgan fingerprint density at radius 3 is 1.78 bits per heavy atom. The quantitative estimate of drug-likeness (QED) is 0.113. The number of pyridine rings is 4. The molecule has 4 fully saturated rings. The van der Waals surface area contributed by atoms with E-state index < -0.39 is 19.7 Å². The van der Waals surface area contributed by atoms with E-state index in [2.05, 4.69) is 104 Å². The van der Waals surface area contributed by atoms with Crippen LogP contribution in [0, 0.1) is 0 Å². The average Bonchev–Trinajstić information content (AvgIpc) is 3.76. The van der Waals surface area contributed by atoms with Crippen LogP contribution in [-0.2, 0) is 19.7 Å². The zero-order valence-electron chi connectivity index (χ0n) is 43.3. The van der Waals surface area contributed by atoms with Crippen molar-refractivity contribution in [3.63, 3.8) is 0 Å². The monoisotopic (exact) mass is 1110 g/mol. The van der Waals surface area contributed by atoms with Gasteiger partial charge in [0.1, 0.15) is 42.1 Å². The van der Waals surface area contributed by atoms with Gasteiger partial charge in [0.15, 0.2) is 0 Å². The third-order valence-electron chi connectivity index (χ3n) is 14.8. The minimum absolute atomic E-state index is 0.0205. The molecule has 11 heterocycles. The Kier molecular flexibility index (Phi) is 17.4. The van der Waals surface area contributed by atoms with E-state index in [0.29, 0.717) is 65.0 Å². The zero-order chi connectivity index (χ0) is 53.6. The van der Waals surface area contributed by atoms with Crippen LogP contribution in [0.3, 0.4) is 0 Å². The highest BCUT2D eigenvalue weighted by Crippen LogP contribution is 2.36. The van der Waals surface area contributed by atoms with Crippen LogP contribution in [0.5, 0.6) is 0 Å². The highest BCUT2D eigenvalue weighted by molar-refractivity contribution is 7.91. The van der Waals surface area contributed by atoms with Gasteiger partial charge >= 0.3 is 0 Å². The number of nitrogen functional groups attached to an aromatic ring is 1. The van der Waals surface area contributed by atoms with E-state index in [-0.39, 0.29) is 41.0 Å². The van der Waals surface area contributed by atoms with Gasteiger partial charge in [0.05, 0.1) is 63.5 Å². The van der Waals surface area contributed by atoms with E-state index >= 15 is 0 Å². The van der Waals surface area contributed by atoms with Gasteiger partial charge < -0.3 is 40.5 Å². The molecule has 0 amide bonds. The molecule has 0 unspecified atom stereocenters. The number of nitrogens with zero attached hydrogens (tertiary/aromatic N) is 13. The highest BCUT2D eigenvalue weighted by atomic mass is 35.5. The van der Waals surface area contributed by atoms with E-state index in [1.54, 1.807) is 30.9 Å². The van der Waals surface area contributed by atoms with E-state index in [1.165, 1.54) is 18.5 Å². The lowest BCUT2D eigenvalue weighted by atomic mass is 10.0. The lowest BCUT2D eigenvalue weighted by Crippen LogP contribution is -2.42. The third kappa shape index (κ3) is 13.5. The molecule has 24 heteroatoms. The Morgan fingerprint density at radius 2 is 1.20 bits per heavy atom. The van der Waals surface area contributed by atoms with Gasteiger partial charge in [-0.2, -0.15) is 9.97 Å². The van der Waals surface area contributed by atoms with Crippen LogP contribution in [0.25, 0.3) is 33.1 Å². The van der Waals surface area contributed by atoms with E-state index in [4.69, 9.17) is 33.9 Å². The maximum Gasteiger partial charge on any atom is 0.230 e. The van der Waals surface area contributed by atoms with Crippen LogP contribution in [0.1, 0.15) is 57.4 Å². The van der Waals surface area contributed by atoms with Crippen molar-refractivity contribution in [1.82, 2.24) is 54.2 Å². The third-order valence-corrected chi connectivity index (χ3v) is 18.8. The Labute approximate surface area is 454 Å². The van der Waals surface area contributed by atoms with Crippen LogP contribution in [0.15, 0.2) is 86.0 Å². The van der Waals surface area contributed by atoms with Crippen LogP contribution in [0.4, 0.5) is 34.9 Å². The predicted molar refractivity (Wildman–Crippen MR) is 304 cm³/mol. The summed E-state index contributed by atoms with van der Waals surface area (Å²) in [7, 11) is 2.73. The van der Waals surface area contributed by atoms with Crippen molar-refractivity contribution in [2.24, 2.45) is 0 Å². The van der Waals surface area contributed by atoms with Gasteiger partial charge in [0.2, 0.25) is 11.9 Å². The van der Waals surface area contributed by atoms with Crippen molar-refractivity contribution in [2.45, 2.75) is 75.5 Å². The summed E-state index contributed by atoms with van der Waals surface area (Å²) in [5.41, 5.74) is 11.2. The molecule has 0 aromatic carbocycles. The zero-order valence-corrected chi connectivity index (χ0v) is 46.4. The number of hydrogen-bond acceptors (Lipinski definition) is 19.